The molecule has 178 valence electrons. The Morgan fingerprint density at radius 2 is 1.09 bits per heavy atom. The first-order valence-corrected chi connectivity index (χ1v) is 11.7. The summed E-state index contributed by atoms with van der Waals surface area (Å²) in [5.41, 5.74) is -0.260. The average molecular weight is 443 g/mol. The second kappa shape index (κ2) is 12.6. The van der Waals surface area contributed by atoms with E-state index in [4.69, 9.17) is 9.47 Å². The fraction of sp³-hybridized carbons (Fsp3) is 0.571. The van der Waals surface area contributed by atoms with Crippen molar-refractivity contribution in [1.82, 2.24) is 0 Å². The largest absolute Gasteiger partial charge is 0.456 e. The molecule has 0 aromatic heterocycles. The highest BCUT2D eigenvalue weighted by Crippen LogP contribution is 2.24. The Morgan fingerprint density at radius 3 is 1.38 bits per heavy atom. The number of ether oxygens (including phenoxy) is 2. The molecule has 0 N–H and O–H groups in total. The van der Waals surface area contributed by atoms with Crippen LogP contribution < -0.4 is 0 Å². The van der Waals surface area contributed by atoms with Gasteiger partial charge in [-0.3, -0.25) is 0 Å². The van der Waals surface area contributed by atoms with Crippen molar-refractivity contribution < 1.29 is 19.1 Å². The molecule has 2 atom stereocenters. The molecule has 0 bridgehead atoms. The zero-order valence-corrected chi connectivity index (χ0v) is 20.9. The van der Waals surface area contributed by atoms with E-state index in [2.05, 4.69) is 27.0 Å². The van der Waals surface area contributed by atoms with Crippen molar-refractivity contribution in [2.75, 3.05) is 0 Å². The van der Waals surface area contributed by atoms with Crippen LogP contribution in [0.3, 0.4) is 0 Å². The Labute approximate surface area is 195 Å². The van der Waals surface area contributed by atoms with Gasteiger partial charge >= 0.3 is 11.9 Å². The van der Waals surface area contributed by atoms with E-state index in [1.54, 1.807) is 24.3 Å². The molecular weight excluding hydrogens is 400 g/mol. The van der Waals surface area contributed by atoms with Gasteiger partial charge in [-0.1, -0.05) is 26.0 Å². The van der Waals surface area contributed by atoms with E-state index in [9.17, 15) is 9.59 Å². The van der Waals surface area contributed by atoms with Gasteiger partial charge in [0.1, 0.15) is 11.2 Å². The predicted molar refractivity (Wildman–Crippen MR) is 132 cm³/mol. The lowest BCUT2D eigenvalue weighted by molar-refractivity contribution is -0.00729. The third-order valence-corrected chi connectivity index (χ3v) is 5.78. The summed E-state index contributed by atoms with van der Waals surface area (Å²) in [7, 11) is 0. The molecule has 0 heterocycles. The number of hydrogen-bond acceptors (Lipinski definition) is 4. The van der Waals surface area contributed by atoms with E-state index in [0.29, 0.717) is 23.0 Å². The Kier molecular flexibility index (Phi) is 10.9. The van der Waals surface area contributed by atoms with Crippen molar-refractivity contribution >= 4 is 11.9 Å². The molecule has 0 radical (unpaired) electrons. The van der Waals surface area contributed by atoms with E-state index >= 15 is 0 Å². The van der Waals surface area contributed by atoms with Crippen molar-refractivity contribution in [2.45, 2.75) is 91.3 Å². The highest BCUT2D eigenvalue weighted by molar-refractivity contribution is 5.93. The van der Waals surface area contributed by atoms with Gasteiger partial charge in [0.05, 0.1) is 11.1 Å². The van der Waals surface area contributed by atoms with E-state index in [1.165, 1.54) is 0 Å². The molecular formula is C28H42O4. The number of carbonyl (C=O) groups is 2. The second-order valence-corrected chi connectivity index (χ2v) is 10.1. The van der Waals surface area contributed by atoms with Crippen LogP contribution in [-0.4, -0.2) is 23.1 Å². The number of esters is 2. The van der Waals surface area contributed by atoms with E-state index in [1.807, 2.05) is 39.8 Å². The number of hydrogen-bond donors (Lipinski definition) is 0. The van der Waals surface area contributed by atoms with Gasteiger partial charge in [-0.2, -0.15) is 0 Å². The first kappa shape index (κ1) is 27.7. The smallest absolute Gasteiger partial charge is 0.338 e. The molecule has 0 aliphatic carbocycles. The minimum Gasteiger partial charge on any atom is -0.456 e. The summed E-state index contributed by atoms with van der Waals surface area (Å²) < 4.78 is 11.4. The molecule has 4 heteroatoms. The lowest BCUT2D eigenvalue weighted by atomic mass is 9.96. The number of benzene rings is 1. The maximum absolute atomic E-state index is 12.6. The van der Waals surface area contributed by atoms with Crippen LogP contribution in [-0.2, 0) is 9.47 Å². The molecule has 0 saturated heterocycles. The highest BCUT2D eigenvalue weighted by Gasteiger charge is 2.25. The maximum atomic E-state index is 12.6. The van der Waals surface area contributed by atoms with Gasteiger partial charge in [0.25, 0.3) is 0 Å². The topological polar surface area (TPSA) is 52.6 Å². The van der Waals surface area contributed by atoms with Gasteiger partial charge < -0.3 is 9.47 Å². The zero-order chi connectivity index (χ0) is 24.4. The van der Waals surface area contributed by atoms with Crippen LogP contribution in [0, 0.1) is 11.8 Å². The van der Waals surface area contributed by atoms with Gasteiger partial charge in [-0.25, -0.2) is 9.59 Å². The quantitative estimate of drug-likeness (QED) is 0.220. The first-order valence-electron chi connectivity index (χ1n) is 11.7. The third kappa shape index (κ3) is 10.3. The Bertz CT molecular complexity index is 693. The van der Waals surface area contributed by atoms with Crippen LogP contribution in [0.2, 0.25) is 0 Å². The van der Waals surface area contributed by atoms with Gasteiger partial charge in [-0.05, 0) is 102 Å². The average Bonchev–Trinajstić information content (AvgIpc) is 2.72. The summed E-state index contributed by atoms with van der Waals surface area (Å²) in [6.45, 7) is 19.6. The Morgan fingerprint density at radius 1 is 0.781 bits per heavy atom. The summed E-state index contributed by atoms with van der Waals surface area (Å²) in [5.74, 6) is 0.135. The minimum atomic E-state index is -0.553. The molecule has 1 aromatic carbocycles. The summed E-state index contributed by atoms with van der Waals surface area (Å²) in [6, 6.07) is 6.47. The number of allylic oxidation sites excluding steroid dienone is 2. The molecule has 0 spiro atoms. The second-order valence-electron chi connectivity index (χ2n) is 10.1. The molecule has 0 fully saturated rings. The van der Waals surface area contributed by atoms with Crippen LogP contribution in [0.25, 0.3) is 0 Å². The Balaban J connectivity index is 2.61. The monoisotopic (exact) mass is 442 g/mol. The van der Waals surface area contributed by atoms with Crippen molar-refractivity contribution in [3.63, 3.8) is 0 Å². The standard InChI is InChI=1S/C28H42O4/c1-9-21(3)13-11-19-27(5,6)31-25(29)23-15-17-24(18-16-23)26(30)32-28(7,8)20-12-14-22(4)10-2/h9-10,15-18,21-22H,1-2,11-14,19-20H2,3-8H3. The van der Waals surface area contributed by atoms with Crippen molar-refractivity contribution in [2.24, 2.45) is 11.8 Å². The van der Waals surface area contributed by atoms with Crippen LogP contribution in [0.4, 0.5) is 0 Å². The van der Waals surface area contributed by atoms with Gasteiger partial charge in [0, 0.05) is 0 Å². The first-order chi connectivity index (χ1) is 14.9. The van der Waals surface area contributed by atoms with Gasteiger partial charge in [0.2, 0.25) is 0 Å². The molecule has 0 amide bonds. The summed E-state index contributed by atoms with van der Waals surface area (Å²) in [6.07, 6.45) is 9.40. The normalized spacial score (nSPS) is 13.7. The SMILES string of the molecule is C=CC(C)CCCC(C)(C)OC(=O)c1ccc(C(=O)OC(C)(C)CCCC(C)C=C)cc1. The van der Waals surface area contributed by atoms with Crippen LogP contribution >= 0.6 is 0 Å². The molecule has 2 unspecified atom stereocenters. The molecule has 4 nitrogen and oxygen atoms in total. The van der Waals surface area contributed by atoms with Crippen LogP contribution in [0.1, 0.15) is 101 Å². The maximum Gasteiger partial charge on any atom is 0.338 e. The molecule has 0 aliphatic rings. The molecule has 32 heavy (non-hydrogen) atoms. The van der Waals surface area contributed by atoms with E-state index in [-0.39, 0.29) is 11.9 Å². The Hall–Kier alpha value is -2.36. The van der Waals surface area contributed by atoms with Crippen LogP contribution in [0.5, 0.6) is 0 Å². The van der Waals surface area contributed by atoms with Gasteiger partial charge in [0.15, 0.2) is 0 Å². The zero-order valence-electron chi connectivity index (χ0n) is 20.9. The van der Waals surface area contributed by atoms with E-state index < -0.39 is 11.2 Å². The predicted octanol–water partition coefficient (Wildman–Crippen LogP) is 7.54. The number of rotatable bonds is 14. The van der Waals surface area contributed by atoms with Gasteiger partial charge in [-0.15, -0.1) is 13.2 Å². The summed E-state index contributed by atoms with van der Waals surface area (Å²) in [4.78, 5) is 25.1. The molecule has 1 rings (SSSR count). The lowest BCUT2D eigenvalue weighted by Gasteiger charge is -2.26. The van der Waals surface area contributed by atoms with Crippen molar-refractivity contribution in [3.8, 4) is 0 Å². The van der Waals surface area contributed by atoms with E-state index in [0.717, 1.165) is 38.5 Å². The summed E-state index contributed by atoms with van der Waals surface area (Å²) in [5, 5.41) is 0. The van der Waals surface area contributed by atoms with Crippen molar-refractivity contribution in [1.29, 1.82) is 0 Å². The molecule has 0 saturated carbocycles. The van der Waals surface area contributed by atoms with Crippen LogP contribution in [0.15, 0.2) is 49.6 Å². The highest BCUT2D eigenvalue weighted by atomic mass is 16.6. The number of carbonyl (C=O) groups excluding carboxylic acids is 2. The third-order valence-electron chi connectivity index (χ3n) is 5.78. The lowest BCUT2D eigenvalue weighted by Crippen LogP contribution is -2.29. The fourth-order valence-electron chi connectivity index (χ4n) is 3.40. The molecule has 1 aromatic rings. The molecule has 0 aliphatic heterocycles. The summed E-state index contributed by atoms with van der Waals surface area (Å²) >= 11 is 0. The van der Waals surface area contributed by atoms with Crippen molar-refractivity contribution in [3.05, 3.63) is 60.7 Å². The minimum absolute atomic E-state index is 0.386. The fourth-order valence-corrected chi connectivity index (χ4v) is 3.40.